The summed E-state index contributed by atoms with van der Waals surface area (Å²) in [6, 6.07) is 0. The molecule has 0 aliphatic carbocycles. The molecule has 0 aliphatic heterocycles. The molecule has 0 radical (unpaired) electrons. The first-order valence-electron chi connectivity index (χ1n) is 4.01. The summed E-state index contributed by atoms with van der Waals surface area (Å²) < 4.78 is 0. The Kier molecular flexibility index (Phi) is 4.43. The van der Waals surface area contributed by atoms with E-state index in [4.69, 9.17) is 11.1 Å². The highest BCUT2D eigenvalue weighted by molar-refractivity contribution is 5.98. The van der Waals surface area contributed by atoms with Crippen molar-refractivity contribution in [2.45, 2.75) is 20.8 Å². The highest BCUT2D eigenvalue weighted by atomic mass is 16.1. The number of nitrogens with two attached hydrogens (primary N) is 1. The maximum Gasteiger partial charge on any atom is 0.274 e. The first-order chi connectivity index (χ1) is 6.13. The molecule has 4 N–H and O–H groups in total. The molecule has 0 amide bonds. The van der Waals surface area contributed by atoms with Crippen LogP contribution in [0.2, 0.25) is 0 Å². The minimum Gasteiger partial charge on any atom is -0.392 e. The molecule has 72 valence electrons. The van der Waals surface area contributed by atoms with Crippen LogP contribution >= 0.6 is 0 Å². The maximum absolute atomic E-state index is 10.8. The second-order valence-electron chi connectivity index (χ2n) is 2.12. The van der Waals surface area contributed by atoms with E-state index in [0.717, 1.165) is 0 Å². The normalized spacial score (nSPS) is 8.54. The fourth-order valence-corrected chi connectivity index (χ4v) is 0.709. The van der Waals surface area contributed by atoms with E-state index >= 15 is 0 Å². The van der Waals surface area contributed by atoms with Crippen molar-refractivity contribution in [3.63, 3.8) is 0 Å². The van der Waals surface area contributed by atoms with Gasteiger partial charge in [0.1, 0.15) is 11.4 Å². The summed E-state index contributed by atoms with van der Waals surface area (Å²) in [6.45, 7) is 5.53. The summed E-state index contributed by atoms with van der Waals surface area (Å²) in [5.74, 6) is 0. The molecule has 0 atom stereocenters. The molecular weight excluding hydrogens is 168 g/mol. The van der Waals surface area contributed by atoms with Gasteiger partial charge in [0.05, 0.1) is 12.0 Å². The minimum atomic E-state index is -0.401. The largest absolute Gasteiger partial charge is 0.392 e. The fourth-order valence-electron chi connectivity index (χ4n) is 0.709. The molecule has 5 heteroatoms. The van der Waals surface area contributed by atoms with Gasteiger partial charge in [0.25, 0.3) is 5.56 Å². The van der Waals surface area contributed by atoms with E-state index < -0.39 is 5.56 Å². The molecule has 1 aromatic heterocycles. The number of nitrogens with zero attached hydrogens (tertiary/aromatic N) is 1. The molecule has 0 unspecified atom stereocenters. The Morgan fingerprint density at radius 2 is 2.15 bits per heavy atom. The molecule has 0 aromatic carbocycles. The van der Waals surface area contributed by atoms with Gasteiger partial charge in [0.2, 0.25) is 0 Å². The van der Waals surface area contributed by atoms with Crippen molar-refractivity contribution < 1.29 is 0 Å². The summed E-state index contributed by atoms with van der Waals surface area (Å²) in [5.41, 5.74) is 5.37. The monoisotopic (exact) mass is 182 g/mol. The van der Waals surface area contributed by atoms with Gasteiger partial charge in [-0.2, -0.15) is 0 Å². The van der Waals surface area contributed by atoms with Crippen LogP contribution in [-0.4, -0.2) is 15.7 Å². The zero-order valence-electron chi connectivity index (χ0n) is 8.01. The van der Waals surface area contributed by atoms with Crippen LogP contribution in [0.25, 0.3) is 0 Å². The number of aromatic nitrogens is 2. The molecule has 0 saturated carbocycles. The summed E-state index contributed by atoms with van der Waals surface area (Å²) in [7, 11) is 0. The van der Waals surface area contributed by atoms with Gasteiger partial charge in [-0.15, -0.1) is 0 Å². The van der Waals surface area contributed by atoms with E-state index in [2.05, 4.69) is 9.97 Å². The lowest BCUT2D eigenvalue weighted by Gasteiger charge is -1.98. The predicted octanol–water partition coefficient (Wildman–Crippen LogP) is 0.766. The number of rotatable bonds is 1. The third-order valence-corrected chi connectivity index (χ3v) is 1.24. The quantitative estimate of drug-likeness (QED) is 0.559. The Hall–Kier alpha value is -1.65. The molecule has 0 fully saturated rings. The number of nitrogen functional groups attached to an aromatic ring is 1. The third-order valence-electron chi connectivity index (χ3n) is 1.24. The lowest BCUT2D eigenvalue weighted by molar-refractivity contribution is 1.10. The fraction of sp³-hybridized carbons (Fsp3) is 0.375. The molecule has 13 heavy (non-hydrogen) atoms. The molecule has 1 rings (SSSR count). The Labute approximate surface area is 76.5 Å². The van der Waals surface area contributed by atoms with E-state index in [9.17, 15) is 4.79 Å². The standard InChI is InChI=1S/C6H8N4O.C2H6/c1-3(7)5-4(8)6(11)10-2-9-5;1-2/h2,7H,8H2,1H3,(H,9,10,11);1-2H3. The smallest absolute Gasteiger partial charge is 0.274 e. The van der Waals surface area contributed by atoms with E-state index in [1.54, 1.807) is 0 Å². The van der Waals surface area contributed by atoms with Gasteiger partial charge in [-0.3, -0.25) is 4.79 Å². The predicted molar refractivity (Wildman–Crippen MR) is 53.1 cm³/mol. The molecule has 1 heterocycles. The van der Waals surface area contributed by atoms with Crippen LogP contribution in [-0.2, 0) is 0 Å². The lowest BCUT2D eigenvalue weighted by atomic mass is 10.2. The van der Waals surface area contributed by atoms with E-state index in [0.29, 0.717) is 0 Å². The topological polar surface area (TPSA) is 95.6 Å². The number of anilines is 1. The van der Waals surface area contributed by atoms with Crippen molar-refractivity contribution in [3.8, 4) is 0 Å². The Bertz CT molecular complexity index is 342. The van der Waals surface area contributed by atoms with Crippen molar-refractivity contribution in [1.82, 2.24) is 9.97 Å². The van der Waals surface area contributed by atoms with E-state index in [1.807, 2.05) is 13.8 Å². The molecule has 0 spiro atoms. The number of H-pyrrole nitrogens is 1. The van der Waals surface area contributed by atoms with Crippen LogP contribution < -0.4 is 11.3 Å². The Morgan fingerprint density at radius 1 is 1.62 bits per heavy atom. The first kappa shape index (κ1) is 11.4. The SMILES string of the molecule is CC.CC(=N)c1nc[nH]c(=O)c1N. The molecule has 0 aliphatic rings. The zero-order valence-corrected chi connectivity index (χ0v) is 8.01. The average Bonchev–Trinajstić information content (AvgIpc) is 2.13. The van der Waals surface area contributed by atoms with E-state index in [1.165, 1.54) is 13.3 Å². The van der Waals surface area contributed by atoms with E-state index in [-0.39, 0.29) is 17.1 Å². The van der Waals surface area contributed by atoms with Crippen molar-refractivity contribution in [3.05, 3.63) is 22.4 Å². The summed E-state index contributed by atoms with van der Waals surface area (Å²) >= 11 is 0. The van der Waals surface area contributed by atoms with Crippen LogP contribution in [0.15, 0.2) is 11.1 Å². The first-order valence-corrected chi connectivity index (χ1v) is 4.01. The van der Waals surface area contributed by atoms with Gasteiger partial charge in [-0.25, -0.2) is 4.98 Å². The second kappa shape index (κ2) is 5.08. The van der Waals surface area contributed by atoms with Gasteiger partial charge in [0.15, 0.2) is 0 Å². The van der Waals surface area contributed by atoms with Gasteiger partial charge in [0, 0.05) is 0 Å². The van der Waals surface area contributed by atoms with Crippen LogP contribution in [0.3, 0.4) is 0 Å². The summed E-state index contributed by atoms with van der Waals surface area (Å²) in [5, 5.41) is 7.18. The molecule has 0 bridgehead atoms. The minimum absolute atomic E-state index is 0.000000000000000222. The molecule has 0 saturated heterocycles. The van der Waals surface area contributed by atoms with Crippen molar-refractivity contribution in [2.75, 3.05) is 5.73 Å². The molecular formula is C8H14N4O. The third kappa shape index (κ3) is 2.70. The van der Waals surface area contributed by atoms with Gasteiger partial charge in [-0.05, 0) is 6.92 Å². The van der Waals surface area contributed by atoms with Crippen LogP contribution in [0.4, 0.5) is 5.69 Å². The second-order valence-corrected chi connectivity index (χ2v) is 2.12. The summed E-state index contributed by atoms with van der Waals surface area (Å²) in [4.78, 5) is 16.9. The van der Waals surface area contributed by atoms with Crippen molar-refractivity contribution >= 4 is 11.4 Å². The lowest BCUT2D eigenvalue weighted by Crippen LogP contribution is -2.17. The van der Waals surface area contributed by atoms with Crippen molar-refractivity contribution in [2.24, 2.45) is 0 Å². The number of hydrogen-bond donors (Lipinski definition) is 3. The molecule has 1 aromatic rings. The molecule has 5 nitrogen and oxygen atoms in total. The summed E-state index contributed by atoms with van der Waals surface area (Å²) in [6.07, 6.45) is 1.23. The highest BCUT2D eigenvalue weighted by Crippen LogP contribution is 1.99. The van der Waals surface area contributed by atoms with Crippen LogP contribution in [0.5, 0.6) is 0 Å². The average molecular weight is 182 g/mol. The Morgan fingerprint density at radius 3 is 2.54 bits per heavy atom. The van der Waals surface area contributed by atoms with Crippen LogP contribution in [0, 0.1) is 5.41 Å². The maximum atomic E-state index is 10.8. The number of hydrogen-bond acceptors (Lipinski definition) is 4. The Balaban J connectivity index is 0.000000671. The van der Waals surface area contributed by atoms with Crippen molar-refractivity contribution in [1.29, 1.82) is 5.41 Å². The number of aromatic amines is 1. The van der Waals surface area contributed by atoms with Gasteiger partial charge >= 0.3 is 0 Å². The van der Waals surface area contributed by atoms with Crippen LogP contribution in [0.1, 0.15) is 26.5 Å². The highest BCUT2D eigenvalue weighted by Gasteiger charge is 2.04. The van der Waals surface area contributed by atoms with Gasteiger partial charge in [-0.1, -0.05) is 13.8 Å². The zero-order chi connectivity index (χ0) is 10.4. The van der Waals surface area contributed by atoms with Gasteiger partial charge < -0.3 is 16.1 Å². The number of nitrogens with one attached hydrogen (secondary N) is 2.